The van der Waals surface area contributed by atoms with Gasteiger partial charge in [-0.2, -0.15) is 0 Å². The number of amides is 1. The van der Waals surface area contributed by atoms with Gasteiger partial charge in [-0.05, 0) is 42.5 Å². The summed E-state index contributed by atoms with van der Waals surface area (Å²) < 4.78 is 5.06. The third-order valence-electron chi connectivity index (χ3n) is 4.65. The van der Waals surface area contributed by atoms with Crippen LogP contribution in [0.15, 0.2) is 24.3 Å². The first kappa shape index (κ1) is 16.9. The molecule has 5 heteroatoms. The van der Waals surface area contributed by atoms with Gasteiger partial charge < -0.3 is 14.7 Å². The largest absolute Gasteiger partial charge is 0.392 e. The minimum absolute atomic E-state index is 0.0276. The van der Waals surface area contributed by atoms with E-state index in [-0.39, 0.29) is 18.4 Å². The van der Waals surface area contributed by atoms with Gasteiger partial charge in [0.25, 0.3) is 0 Å². The van der Waals surface area contributed by atoms with Crippen LogP contribution in [-0.4, -0.2) is 47.7 Å². The number of benzene rings is 1. The summed E-state index contributed by atoms with van der Waals surface area (Å²) in [6.45, 7) is 3.96. The zero-order valence-corrected chi connectivity index (χ0v) is 14.3. The van der Waals surface area contributed by atoms with Crippen LogP contribution in [0.2, 0.25) is 0 Å². The average molecular weight is 328 g/mol. The Morgan fingerprint density at radius 3 is 2.96 bits per heavy atom. The van der Waals surface area contributed by atoms with Gasteiger partial charge in [-0.15, -0.1) is 0 Å². The molecule has 128 valence electrons. The summed E-state index contributed by atoms with van der Waals surface area (Å²) >= 11 is 0. The number of carbonyl (C=O) groups is 1. The maximum Gasteiger partial charge on any atom is 0.223 e. The SMILES string of the molecule is COCCN1CC(Cc2nc3cc(C)ccc3cc2CO)CC1=O. The minimum Gasteiger partial charge on any atom is -0.392 e. The van der Waals surface area contributed by atoms with E-state index in [2.05, 4.69) is 6.07 Å². The first-order chi connectivity index (χ1) is 11.6. The maximum absolute atomic E-state index is 12.1. The number of nitrogens with zero attached hydrogens (tertiary/aromatic N) is 2. The predicted molar refractivity (Wildman–Crippen MR) is 92.7 cm³/mol. The van der Waals surface area contributed by atoms with Gasteiger partial charge >= 0.3 is 0 Å². The van der Waals surface area contributed by atoms with Gasteiger partial charge in [-0.1, -0.05) is 12.1 Å². The van der Waals surface area contributed by atoms with E-state index in [4.69, 9.17) is 9.72 Å². The molecule has 0 radical (unpaired) electrons. The van der Waals surface area contributed by atoms with Gasteiger partial charge in [0.2, 0.25) is 5.91 Å². The third-order valence-corrected chi connectivity index (χ3v) is 4.65. The molecule has 1 aliphatic heterocycles. The van der Waals surface area contributed by atoms with Gasteiger partial charge in [-0.25, -0.2) is 0 Å². The van der Waals surface area contributed by atoms with Crippen molar-refractivity contribution in [3.8, 4) is 0 Å². The van der Waals surface area contributed by atoms with Crippen molar-refractivity contribution in [1.29, 1.82) is 0 Å². The number of fused-ring (bicyclic) bond motifs is 1. The molecule has 2 aromatic rings. The quantitative estimate of drug-likeness (QED) is 0.882. The second kappa shape index (κ2) is 7.28. The normalized spacial score (nSPS) is 17.9. The van der Waals surface area contributed by atoms with Crippen molar-refractivity contribution < 1.29 is 14.6 Å². The lowest BCUT2D eigenvalue weighted by atomic mass is 9.98. The van der Waals surface area contributed by atoms with Crippen LogP contribution < -0.4 is 0 Å². The molecule has 1 saturated heterocycles. The van der Waals surface area contributed by atoms with Gasteiger partial charge in [0.15, 0.2) is 0 Å². The van der Waals surface area contributed by atoms with Gasteiger partial charge in [-0.3, -0.25) is 9.78 Å². The molecule has 0 bridgehead atoms. The number of ether oxygens (including phenoxy) is 1. The molecule has 1 amide bonds. The average Bonchev–Trinajstić information content (AvgIpc) is 2.91. The highest BCUT2D eigenvalue weighted by atomic mass is 16.5. The number of methoxy groups -OCH3 is 1. The zero-order valence-electron chi connectivity index (χ0n) is 14.3. The van der Waals surface area contributed by atoms with Crippen molar-refractivity contribution in [2.75, 3.05) is 26.8 Å². The van der Waals surface area contributed by atoms with Crippen molar-refractivity contribution >= 4 is 16.8 Å². The smallest absolute Gasteiger partial charge is 0.223 e. The number of aliphatic hydroxyl groups excluding tert-OH is 1. The number of carbonyl (C=O) groups excluding carboxylic acids is 1. The number of hydrogen-bond donors (Lipinski definition) is 1. The van der Waals surface area contributed by atoms with Gasteiger partial charge in [0.05, 0.1) is 18.7 Å². The second-order valence-electron chi connectivity index (χ2n) is 6.56. The monoisotopic (exact) mass is 328 g/mol. The highest BCUT2D eigenvalue weighted by Crippen LogP contribution is 2.25. The molecule has 3 rings (SSSR count). The van der Waals surface area contributed by atoms with Crippen molar-refractivity contribution in [3.63, 3.8) is 0 Å². The second-order valence-corrected chi connectivity index (χ2v) is 6.56. The van der Waals surface area contributed by atoms with E-state index >= 15 is 0 Å². The van der Waals surface area contributed by atoms with Crippen molar-refractivity contribution in [2.24, 2.45) is 5.92 Å². The van der Waals surface area contributed by atoms with Crippen LogP contribution in [0.3, 0.4) is 0 Å². The van der Waals surface area contributed by atoms with Crippen molar-refractivity contribution in [3.05, 3.63) is 41.1 Å². The van der Waals surface area contributed by atoms with Crippen molar-refractivity contribution in [1.82, 2.24) is 9.88 Å². The predicted octanol–water partition coefficient (Wildman–Crippen LogP) is 2.07. The Hall–Kier alpha value is -1.98. The molecule has 24 heavy (non-hydrogen) atoms. The summed E-state index contributed by atoms with van der Waals surface area (Å²) in [4.78, 5) is 18.7. The lowest BCUT2D eigenvalue weighted by Gasteiger charge is -2.16. The van der Waals surface area contributed by atoms with Crippen LogP contribution in [0.5, 0.6) is 0 Å². The molecule has 1 N–H and O–H groups in total. The molecule has 1 atom stereocenters. The fraction of sp³-hybridized carbons (Fsp3) is 0.474. The number of aryl methyl sites for hydroxylation is 1. The Balaban J connectivity index is 1.80. The fourth-order valence-electron chi connectivity index (χ4n) is 3.36. The Kier molecular flexibility index (Phi) is 5.11. The molecule has 1 fully saturated rings. The highest BCUT2D eigenvalue weighted by Gasteiger charge is 2.30. The Morgan fingerprint density at radius 1 is 1.38 bits per heavy atom. The van der Waals surface area contributed by atoms with Crippen LogP contribution >= 0.6 is 0 Å². The maximum atomic E-state index is 12.1. The van der Waals surface area contributed by atoms with Crippen LogP contribution in [-0.2, 0) is 22.6 Å². The minimum atomic E-state index is -0.0276. The molecule has 1 aromatic heterocycles. The molecule has 1 aromatic carbocycles. The first-order valence-corrected chi connectivity index (χ1v) is 8.37. The van der Waals surface area contributed by atoms with E-state index in [0.29, 0.717) is 19.6 Å². The van der Waals surface area contributed by atoms with Crippen LogP contribution in [0.25, 0.3) is 10.9 Å². The summed E-state index contributed by atoms with van der Waals surface area (Å²) in [6.07, 6.45) is 1.26. The molecular weight excluding hydrogens is 304 g/mol. The first-order valence-electron chi connectivity index (χ1n) is 8.37. The zero-order chi connectivity index (χ0) is 17.1. The molecule has 0 spiro atoms. The molecule has 0 saturated carbocycles. The van der Waals surface area contributed by atoms with E-state index in [1.165, 1.54) is 5.56 Å². The number of likely N-dealkylation sites (tertiary alicyclic amines) is 1. The van der Waals surface area contributed by atoms with Crippen LogP contribution in [0, 0.1) is 12.8 Å². The molecule has 1 unspecified atom stereocenters. The molecule has 0 aliphatic carbocycles. The number of hydrogen-bond acceptors (Lipinski definition) is 4. The van der Waals surface area contributed by atoms with Gasteiger partial charge in [0.1, 0.15) is 0 Å². The van der Waals surface area contributed by atoms with E-state index in [1.54, 1.807) is 7.11 Å². The third kappa shape index (κ3) is 3.57. The lowest BCUT2D eigenvalue weighted by Crippen LogP contribution is -2.29. The lowest BCUT2D eigenvalue weighted by molar-refractivity contribution is -0.128. The molecular formula is C19H24N2O3. The number of aromatic nitrogens is 1. The summed E-state index contributed by atoms with van der Waals surface area (Å²) in [5, 5.41) is 10.7. The number of pyridine rings is 1. The van der Waals surface area contributed by atoms with E-state index < -0.39 is 0 Å². The van der Waals surface area contributed by atoms with Crippen molar-refractivity contribution in [2.45, 2.75) is 26.4 Å². The van der Waals surface area contributed by atoms with Crippen LogP contribution in [0.4, 0.5) is 0 Å². The van der Waals surface area contributed by atoms with Crippen LogP contribution in [0.1, 0.15) is 23.2 Å². The van der Waals surface area contributed by atoms with E-state index in [0.717, 1.165) is 35.1 Å². The Labute approximate surface area is 142 Å². The highest BCUT2D eigenvalue weighted by molar-refractivity contribution is 5.80. The molecule has 2 heterocycles. The Bertz CT molecular complexity index is 745. The van der Waals surface area contributed by atoms with E-state index in [9.17, 15) is 9.90 Å². The summed E-state index contributed by atoms with van der Waals surface area (Å²) in [5.41, 5.74) is 3.87. The summed E-state index contributed by atoms with van der Waals surface area (Å²) in [5.74, 6) is 0.425. The van der Waals surface area contributed by atoms with E-state index in [1.807, 2.05) is 30.0 Å². The topological polar surface area (TPSA) is 62.7 Å². The number of aliphatic hydroxyl groups is 1. The fourth-order valence-corrected chi connectivity index (χ4v) is 3.36. The summed E-state index contributed by atoms with van der Waals surface area (Å²) in [7, 11) is 1.65. The van der Waals surface area contributed by atoms with Gasteiger partial charge in [0, 0.05) is 37.7 Å². The Morgan fingerprint density at radius 2 is 2.21 bits per heavy atom. The molecule has 1 aliphatic rings. The molecule has 5 nitrogen and oxygen atoms in total. The number of rotatable bonds is 6. The standard InChI is InChI=1S/C19H24N2O3/c1-13-3-4-15-10-16(12-22)18(20-17(15)7-13)8-14-9-19(23)21(11-14)5-6-24-2/h3-4,7,10,14,22H,5-6,8-9,11-12H2,1-2H3. The summed E-state index contributed by atoms with van der Waals surface area (Å²) in [6, 6.07) is 8.15.